The van der Waals surface area contributed by atoms with Crippen molar-refractivity contribution in [3.63, 3.8) is 0 Å². The molecule has 1 amide bonds. The van der Waals surface area contributed by atoms with Crippen LogP contribution in [0.25, 0.3) is 0 Å². The maximum absolute atomic E-state index is 12.6. The van der Waals surface area contributed by atoms with Crippen LogP contribution in [0.5, 0.6) is 0 Å². The smallest absolute Gasteiger partial charge is 0.226 e. The molecule has 4 rings (SSSR count). The minimum atomic E-state index is -0.122. The fraction of sp³-hybridized carbons (Fsp3) is 0.458. The van der Waals surface area contributed by atoms with Gasteiger partial charge in [-0.3, -0.25) is 4.79 Å². The van der Waals surface area contributed by atoms with Gasteiger partial charge in [-0.05, 0) is 30.4 Å². The first-order valence-corrected chi connectivity index (χ1v) is 10.3. The fourth-order valence-electron chi connectivity index (χ4n) is 4.31. The van der Waals surface area contributed by atoms with Gasteiger partial charge in [-0.15, -0.1) is 0 Å². The van der Waals surface area contributed by atoms with E-state index >= 15 is 0 Å². The lowest BCUT2D eigenvalue weighted by Crippen LogP contribution is -2.52. The van der Waals surface area contributed by atoms with E-state index in [1.807, 2.05) is 53.4 Å². The lowest BCUT2D eigenvalue weighted by Gasteiger charge is -2.46. The Hall–Kier alpha value is -2.17. The summed E-state index contributed by atoms with van der Waals surface area (Å²) >= 11 is 0. The molecular weight excluding hydrogens is 350 g/mol. The Balaban J connectivity index is 1.27. The number of hydrogen-bond donors (Lipinski definition) is 0. The molecule has 4 heteroatoms. The Bertz CT molecular complexity index is 754. The van der Waals surface area contributed by atoms with Crippen LogP contribution in [-0.4, -0.2) is 42.2 Å². The molecule has 2 aliphatic rings. The first-order valence-electron chi connectivity index (χ1n) is 10.3. The minimum absolute atomic E-state index is 0.122. The van der Waals surface area contributed by atoms with Crippen LogP contribution < -0.4 is 0 Å². The second kappa shape index (κ2) is 8.89. The summed E-state index contributed by atoms with van der Waals surface area (Å²) in [5, 5.41) is 0. The van der Waals surface area contributed by atoms with Crippen molar-refractivity contribution in [1.29, 1.82) is 0 Å². The molecule has 2 aromatic rings. The quantitative estimate of drug-likeness (QED) is 0.789. The largest absolute Gasteiger partial charge is 0.375 e. The zero-order chi connectivity index (χ0) is 19.2. The molecule has 2 fully saturated rings. The molecule has 0 aliphatic carbocycles. The number of nitrogens with zero attached hydrogens (tertiary/aromatic N) is 1. The highest BCUT2D eigenvalue weighted by Gasteiger charge is 2.41. The van der Waals surface area contributed by atoms with Crippen LogP contribution in [0.1, 0.15) is 36.8 Å². The molecule has 2 saturated heterocycles. The van der Waals surface area contributed by atoms with E-state index in [4.69, 9.17) is 9.47 Å². The molecule has 0 N–H and O–H groups in total. The van der Waals surface area contributed by atoms with Crippen LogP contribution >= 0.6 is 0 Å². The van der Waals surface area contributed by atoms with E-state index in [0.29, 0.717) is 13.0 Å². The molecule has 0 aromatic heterocycles. The van der Waals surface area contributed by atoms with Crippen LogP contribution in [0.4, 0.5) is 0 Å². The molecule has 0 saturated carbocycles. The summed E-state index contributed by atoms with van der Waals surface area (Å²) in [7, 11) is 0. The summed E-state index contributed by atoms with van der Waals surface area (Å²) in [6, 6.07) is 20.3. The van der Waals surface area contributed by atoms with Crippen LogP contribution in [0, 0.1) is 0 Å². The van der Waals surface area contributed by atoms with Gasteiger partial charge in [-0.1, -0.05) is 60.7 Å². The molecule has 4 nitrogen and oxygen atoms in total. The Kier molecular flexibility index (Phi) is 6.08. The first-order chi connectivity index (χ1) is 13.7. The van der Waals surface area contributed by atoms with Crippen LogP contribution in [0.15, 0.2) is 60.7 Å². The lowest BCUT2D eigenvalue weighted by atomic mass is 9.83. The molecular formula is C24H29NO3. The number of rotatable bonds is 5. The number of likely N-dealkylation sites (tertiary alicyclic amines) is 1. The summed E-state index contributed by atoms with van der Waals surface area (Å²) in [6.45, 7) is 2.95. The molecule has 0 bridgehead atoms. The van der Waals surface area contributed by atoms with E-state index in [0.717, 1.165) is 50.9 Å². The molecule has 1 atom stereocenters. The molecule has 148 valence electrons. The maximum atomic E-state index is 12.6. The number of amides is 1. The highest BCUT2D eigenvalue weighted by molar-refractivity contribution is 5.78. The molecule has 1 unspecified atom stereocenters. The third kappa shape index (κ3) is 4.81. The number of piperidine rings is 1. The summed E-state index contributed by atoms with van der Waals surface area (Å²) in [5.74, 6) is 0.216. The third-order valence-corrected chi connectivity index (χ3v) is 6.00. The first kappa shape index (κ1) is 19.2. The van der Waals surface area contributed by atoms with Crippen LogP contribution in [0.3, 0.4) is 0 Å². The van der Waals surface area contributed by atoms with Crippen molar-refractivity contribution in [3.8, 4) is 0 Å². The Morgan fingerprint density at radius 3 is 2.32 bits per heavy atom. The molecule has 1 spiro atoms. The minimum Gasteiger partial charge on any atom is -0.375 e. The molecule has 2 aromatic carbocycles. The Labute approximate surface area is 167 Å². The van der Waals surface area contributed by atoms with E-state index in [1.54, 1.807) is 0 Å². The van der Waals surface area contributed by atoms with Gasteiger partial charge in [-0.25, -0.2) is 0 Å². The standard InChI is InChI=1S/C24H29NO3/c26-23(17-20-7-3-1-4-8-20)25-14-12-24(13-15-25)18-22(11-16-28-24)27-19-21-9-5-2-6-10-21/h1-10,22H,11-19H2. The Morgan fingerprint density at radius 2 is 1.64 bits per heavy atom. The normalized spacial score (nSPS) is 21.6. The van der Waals surface area contributed by atoms with Crippen molar-refractivity contribution in [2.45, 2.75) is 50.4 Å². The number of carbonyl (C=O) groups is 1. The molecule has 2 heterocycles. The molecule has 0 radical (unpaired) electrons. The second-order valence-electron chi connectivity index (χ2n) is 7.99. The average molecular weight is 380 g/mol. The number of hydrogen-bond acceptors (Lipinski definition) is 3. The van der Waals surface area contributed by atoms with Gasteiger partial charge >= 0.3 is 0 Å². The van der Waals surface area contributed by atoms with E-state index < -0.39 is 0 Å². The highest BCUT2D eigenvalue weighted by Crippen LogP contribution is 2.36. The molecule has 28 heavy (non-hydrogen) atoms. The van der Waals surface area contributed by atoms with Gasteiger partial charge < -0.3 is 14.4 Å². The van der Waals surface area contributed by atoms with Gasteiger partial charge in [0.1, 0.15) is 0 Å². The monoisotopic (exact) mass is 379 g/mol. The topological polar surface area (TPSA) is 38.8 Å². The van der Waals surface area contributed by atoms with Gasteiger partial charge in [0.05, 0.1) is 24.7 Å². The van der Waals surface area contributed by atoms with Gasteiger partial charge in [0, 0.05) is 26.1 Å². The van der Waals surface area contributed by atoms with E-state index in [-0.39, 0.29) is 17.6 Å². The zero-order valence-electron chi connectivity index (χ0n) is 16.4. The van der Waals surface area contributed by atoms with Crippen molar-refractivity contribution in [3.05, 3.63) is 71.8 Å². The van der Waals surface area contributed by atoms with E-state index in [1.165, 1.54) is 5.56 Å². The highest BCUT2D eigenvalue weighted by atomic mass is 16.5. The second-order valence-corrected chi connectivity index (χ2v) is 7.99. The lowest BCUT2D eigenvalue weighted by molar-refractivity contribution is -0.162. The van der Waals surface area contributed by atoms with E-state index in [9.17, 15) is 4.79 Å². The zero-order valence-corrected chi connectivity index (χ0v) is 16.4. The number of ether oxygens (including phenoxy) is 2. The number of benzene rings is 2. The average Bonchev–Trinajstić information content (AvgIpc) is 2.74. The fourth-order valence-corrected chi connectivity index (χ4v) is 4.31. The molecule has 2 aliphatic heterocycles. The van der Waals surface area contributed by atoms with Crippen molar-refractivity contribution in [2.75, 3.05) is 19.7 Å². The van der Waals surface area contributed by atoms with Gasteiger partial charge in [0.25, 0.3) is 0 Å². The predicted octanol–water partition coefficient (Wildman–Crippen LogP) is 3.99. The predicted molar refractivity (Wildman–Crippen MR) is 109 cm³/mol. The number of carbonyl (C=O) groups excluding carboxylic acids is 1. The summed E-state index contributed by atoms with van der Waals surface area (Å²) in [6.07, 6.45) is 4.40. The maximum Gasteiger partial charge on any atom is 0.226 e. The van der Waals surface area contributed by atoms with Gasteiger partial charge in [0.2, 0.25) is 5.91 Å². The summed E-state index contributed by atoms with van der Waals surface area (Å²) in [4.78, 5) is 14.6. The van der Waals surface area contributed by atoms with Crippen molar-refractivity contribution < 1.29 is 14.3 Å². The van der Waals surface area contributed by atoms with E-state index in [2.05, 4.69) is 12.1 Å². The van der Waals surface area contributed by atoms with Crippen LogP contribution in [0.2, 0.25) is 0 Å². The summed E-state index contributed by atoms with van der Waals surface area (Å²) in [5.41, 5.74) is 2.17. The van der Waals surface area contributed by atoms with Crippen molar-refractivity contribution >= 4 is 5.91 Å². The van der Waals surface area contributed by atoms with Gasteiger partial charge in [0.15, 0.2) is 0 Å². The SMILES string of the molecule is O=C(Cc1ccccc1)N1CCC2(CC1)CC(OCc1ccccc1)CCO2. The third-order valence-electron chi connectivity index (χ3n) is 6.00. The van der Waals surface area contributed by atoms with Gasteiger partial charge in [-0.2, -0.15) is 0 Å². The van der Waals surface area contributed by atoms with Crippen molar-refractivity contribution in [2.24, 2.45) is 0 Å². The summed E-state index contributed by atoms with van der Waals surface area (Å²) < 4.78 is 12.4. The van der Waals surface area contributed by atoms with Crippen LogP contribution in [-0.2, 0) is 27.3 Å². The van der Waals surface area contributed by atoms with Crippen molar-refractivity contribution in [1.82, 2.24) is 4.90 Å². The Morgan fingerprint density at radius 1 is 1.00 bits per heavy atom.